The molecular formula is C40H46NO+. The van der Waals surface area contributed by atoms with Crippen LogP contribution in [0.15, 0.2) is 54.7 Å². The number of pyridine rings is 1. The molecule has 2 aliphatic rings. The van der Waals surface area contributed by atoms with Crippen molar-refractivity contribution in [3.05, 3.63) is 77.0 Å². The largest absolute Gasteiger partial charge is 0.455 e. The zero-order valence-electron chi connectivity index (χ0n) is 26.9. The number of aryl methyl sites for hydroxylation is 2. The zero-order chi connectivity index (χ0) is 29.6. The molecule has 1 aliphatic heterocycles. The van der Waals surface area contributed by atoms with Crippen molar-refractivity contribution in [3.63, 3.8) is 0 Å². The van der Waals surface area contributed by atoms with Crippen LogP contribution in [0.2, 0.25) is 0 Å². The van der Waals surface area contributed by atoms with Crippen molar-refractivity contribution in [1.82, 2.24) is 0 Å². The van der Waals surface area contributed by atoms with Crippen LogP contribution >= 0.6 is 0 Å². The fraction of sp³-hybridized carbons (Fsp3) is 0.425. The van der Waals surface area contributed by atoms with Gasteiger partial charge in [-0.25, -0.2) is 4.57 Å². The third kappa shape index (κ3) is 4.59. The fourth-order valence-corrected chi connectivity index (χ4v) is 7.84. The summed E-state index contributed by atoms with van der Waals surface area (Å²) in [5, 5.41) is 7.87. The van der Waals surface area contributed by atoms with Crippen molar-refractivity contribution >= 4 is 32.3 Å². The topological polar surface area (TPSA) is 13.1 Å². The summed E-state index contributed by atoms with van der Waals surface area (Å²) in [4.78, 5) is 0. The molecule has 2 nitrogen and oxygen atoms in total. The van der Waals surface area contributed by atoms with Crippen LogP contribution in [0.1, 0.15) is 95.4 Å². The Labute approximate surface area is 251 Å². The van der Waals surface area contributed by atoms with Crippen LogP contribution in [-0.4, -0.2) is 0 Å². The van der Waals surface area contributed by atoms with Gasteiger partial charge in [0.25, 0.3) is 0 Å². The van der Waals surface area contributed by atoms with Gasteiger partial charge in [-0.2, -0.15) is 0 Å². The number of fused-ring (bicyclic) bond motifs is 5. The van der Waals surface area contributed by atoms with Crippen LogP contribution in [0.4, 0.5) is 0 Å². The first-order valence-electron chi connectivity index (χ1n) is 16.0. The molecule has 2 heteroatoms. The number of benzene rings is 4. The van der Waals surface area contributed by atoms with Gasteiger partial charge >= 0.3 is 0 Å². The monoisotopic (exact) mass is 556 g/mol. The van der Waals surface area contributed by atoms with Gasteiger partial charge < -0.3 is 4.74 Å². The van der Waals surface area contributed by atoms with Crippen molar-refractivity contribution in [2.45, 2.75) is 92.9 Å². The molecule has 0 atom stereocenters. The Bertz CT molecular complexity index is 1890. The summed E-state index contributed by atoms with van der Waals surface area (Å²) < 4.78 is 9.44. The van der Waals surface area contributed by atoms with Crippen LogP contribution in [0.5, 0.6) is 11.5 Å². The van der Waals surface area contributed by atoms with E-state index in [2.05, 4.69) is 115 Å². The van der Waals surface area contributed by atoms with Gasteiger partial charge in [-0.1, -0.05) is 90.8 Å². The van der Waals surface area contributed by atoms with Gasteiger partial charge in [-0.3, -0.25) is 0 Å². The van der Waals surface area contributed by atoms with Gasteiger partial charge in [0.2, 0.25) is 5.69 Å². The van der Waals surface area contributed by atoms with E-state index in [-0.39, 0.29) is 10.8 Å². The fourth-order valence-electron chi connectivity index (χ4n) is 7.84. The smallest absolute Gasteiger partial charge is 0.228 e. The predicted octanol–water partition coefficient (Wildman–Crippen LogP) is 10.9. The van der Waals surface area contributed by atoms with E-state index in [1.54, 1.807) is 0 Å². The second kappa shape index (κ2) is 9.56. The Morgan fingerprint density at radius 1 is 0.786 bits per heavy atom. The lowest BCUT2D eigenvalue weighted by Crippen LogP contribution is -2.32. The van der Waals surface area contributed by atoms with Gasteiger partial charge in [0.05, 0.1) is 10.9 Å². The maximum absolute atomic E-state index is 7.11. The lowest BCUT2D eigenvalue weighted by molar-refractivity contribution is -0.659. The summed E-state index contributed by atoms with van der Waals surface area (Å²) in [5.74, 6) is 2.74. The third-order valence-corrected chi connectivity index (χ3v) is 9.63. The van der Waals surface area contributed by atoms with Crippen molar-refractivity contribution in [2.75, 3.05) is 0 Å². The van der Waals surface area contributed by atoms with Crippen LogP contribution in [0.25, 0.3) is 43.6 Å². The lowest BCUT2D eigenvalue weighted by atomic mass is 9.80. The molecule has 1 fully saturated rings. The molecule has 2 heterocycles. The van der Waals surface area contributed by atoms with E-state index in [4.69, 9.17) is 4.74 Å². The molecule has 1 saturated carbocycles. The van der Waals surface area contributed by atoms with E-state index in [0.29, 0.717) is 5.92 Å². The van der Waals surface area contributed by atoms with Gasteiger partial charge in [0.15, 0.2) is 6.20 Å². The molecule has 7 rings (SSSR count). The summed E-state index contributed by atoms with van der Waals surface area (Å²) in [6, 6.07) is 19.0. The minimum atomic E-state index is 0.123. The molecular weight excluding hydrogens is 510 g/mol. The van der Waals surface area contributed by atoms with Crippen molar-refractivity contribution < 1.29 is 9.30 Å². The maximum Gasteiger partial charge on any atom is 0.228 e. The third-order valence-electron chi connectivity index (χ3n) is 9.63. The van der Waals surface area contributed by atoms with E-state index in [1.165, 1.54) is 91.5 Å². The summed E-state index contributed by atoms with van der Waals surface area (Å²) in [5.41, 5.74) is 8.48. The molecule has 216 valence electrons. The van der Waals surface area contributed by atoms with E-state index >= 15 is 0 Å². The van der Waals surface area contributed by atoms with E-state index in [0.717, 1.165) is 24.3 Å². The minimum Gasteiger partial charge on any atom is -0.455 e. The van der Waals surface area contributed by atoms with Crippen molar-refractivity contribution in [2.24, 2.45) is 17.9 Å². The molecule has 0 saturated heterocycles. The first-order valence-corrected chi connectivity index (χ1v) is 16.0. The second-order valence-electron chi connectivity index (χ2n) is 15.7. The number of rotatable bonds is 3. The van der Waals surface area contributed by atoms with Crippen LogP contribution in [0.3, 0.4) is 0 Å². The van der Waals surface area contributed by atoms with Gasteiger partial charge in [-0.15, -0.1) is 0 Å². The highest BCUT2D eigenvalue weighted by Gasteiger charge is 2.34. The number of hydrogen-bond acceptors (Lipinski definition) is 1. The van der Waals surface area contributed by atoms with Gasteiger partial charge in [0.1, 0.15) is 18.5 Å². The highest BCUT2D eigenvalue weighted by atomic mass is 16.5. The van der Waals surface area contributed by atoms with Gasteiger partial charge in [0, 0.05) is 17.0 Å². The Hall–Kier alpha value is -3.39. The molecule has 1 aromatic heterocycles. The first kappa shape index (κ1) is 27.4. The first-order chi connectivity index (χ1) is 19.9. The summed E-state index contributed by atoms with van der Waals surface area (Å²) >= 11 is 0. The number of nitrogens with zero attached hydrogens (tertiary/aromatic N) is 1. The highest BCUT2D eigenvalue weighted by molar-refractivity contribution is 6.16. The Morgan fingerprint density at radius 3 is 2.24 bits per heavy atom. The van der Waals surface area contributed by atoms with Crippen LogP contribution < -0.4 is 9.30 Å². The lowest BCUT2D eigenvalue weighted by Gasteiger charge is -2.29. The summed E-state index contributed by atoms with van der Waals surface area (Å²) in [6.45, 7) is 16.3. The molecule has 42 heavy (non-hydrogen) atoms. The van der Waals surface area contributed by atoms with E-state index in [9.17, 15) is 0 Å². The number of hydrogen-bond donors (Lipinski definition) is 0. The van der Waals surface area contributed by atoms with Crippen molar-refractivity contribution in [1.29, 1.82) is 0 Å². The molecule has 4 aromatic carbocycles. The zero-order valence-corrected chi connectivity index (χ0v) is 26.9. The average Bonchev–Trinajstić information content (AvgIpc) is 3.45. The number of ether oxygens (including phenoxy) is 1. The Morgan fingerprint density at radius 2 is 1.52 bits per heavy atom. The Kier molecular flexibility index (Phi) is 6.25. The summed E-state index contributed by atoms with van der Waals surface area (Å²) in [7, 11) is 2.20. The van der Waals surface area contributed by atoms with E-state index in [1.807, 2.05) is 0 Å². The summed E-state index contributed by atoms with van der Waals surface area (Å²) in [6.07, 6.45) is 9.63. The predicted molar refractivity (Wildman–Crippen MR) is 178 cm³/mol. The normalized spacial score (nSPS) is 15.5. The van der Waals surface area contributed by atoms with Crippen molar-refractivity contribution in [3.8, 4) is 22.8 Å². The second-order valence-corrected chi connectivity index (χ2v) is 15.7. The molecule has 1 aliphatic carbocycles. The minimum absolute atomic E-state index is 0.123. The maximum atomic E-state index is 7.11. The molecule has 5 aromatic rings. The molecule has 0 unspecified atom stereocenters. The standard InChI is InChI=1S/C40H46NO/c1-24-31-19-25(22-39(2,3)4)13-16-29(31)33(23-40(5,6)7)38-35(24)37-36-30(17-18-41(37)8)32-20-27(26-11-9-10-12-26)14-15-28(32)21-34(36)42-38/h13-21,26H,9-12,22-23H2,1-8H3/q+1. The van der Waals surface area contributed by atoms with Crippen LogP contribution in [0, 0.1) is 17.8 Å². The number of aromatic nitrogens is 1. The quantitative estimate of drug-likeness (QED) is 0.156. The highest BCUT2D eigenvalue weighted by Crippen LogP contribution is 2.53. The van der Waals surface area contributed by atoms with Crippen LogP contribution in [-0.2, 0) is 19.9 Å². The average molecular weight is 557 g/mol. The Balaban J connectivity index is 1.55. The van der Waals surface area contributed by atoms with Gasteiger partial charge in [-0.05, 0) is 93.7 Å². The molecule has 0 amide bonds. The molecule has 0 radical (unpaired) electrons. The molecule has 0 bridgehead atoms. The molecule has 0 N–H and O–H groups in total. The SMILES string of the molecule is Cc1c2c(c(CC(C)(C)C)c3ccc(CC(C)(C)C)cc13)Oc1cc3ccc(C4CCCC4)cc3c3cc[n+](C)c-2c13. The van der Waals surface area contributed by atoms with E-state index < -0.39 is 0 Å². The molecule has 0 spiro atoms.